The molecular weight excluding hydrogens is 375 g/mol. The number of aromatic nitrogens is 1. The number of piperidine rings is 1. The summed E-state index contributed by atoms with van der Waals surface area (Å²) in [7, 11) is -3.58. The van der Waals surface area contributed by atoms with Gasteiger partial charge in [-0.05, 0) is 45.2 Å². The number of halogens is 1. The van der Waals surface area contributed by atoms with Crippen molar-refractivity contribution in [3.05, 3.63) is 29.3 Å². The third-order valence-electron chi connectivity index (χ3n) is 4.20. The summed E-state index contributed by atoms with van der Waals surface area (Å²) in [6, 6.07) is 7.29. The molecule has 0 saturated carbocycles. The first kappa shape index (κ1) is 19.4. The Morgan fingerprint density at radius 1 is 1.15 bits per heavy atom. The molecule has 0 atom stereocenters. The van der Waals surface area contributed by atoms with Crippen molar-refractivity contribution < 1.29 is 18.0 Å². The van der Waals surface area contributed by atoms with Crippen LogP contribution in [0, 0.1) is 0 Å². The maximum Gasteiger partial charge on any atom is 0.385 e. The summed E-state index contributed by atoms with van der Waals surface area (Å²) in [4.78, 5) is 6.59. The van der Waals surface area contributed by atoms with Gasteiger partial charge in [0.25, 0.3) is 0 Å². The molecule has 0 radical (unpaired) electrons. The van der Waals surface area contributed by atoms with E-state index in [1.165, 1.54) is 6.42 Å². The first-order chi connectivity index (χ1) is 12.6. The number of rotatable bonds is 7. The monoisotopic (exact) mass is 398 g/mol. The average molecular weight is 399 g/mol. The van der Waals surface area contributed by atoms with Crippen LogP contribution >= 0.6 is 19.2 Å². The van der Waals surface area contributed by atoms with Crippen molar-refractivity contribution in [2.24, 2.45) is 0 Å². The second-order valence-corrected chi connectivity index (χ2v) is 8.35. The van der Waals surface area contributed by atoms with E-state index < -0.39 is 7.60 Å². The summed E-state index contributed by atoms with van der Waals surface area (Å²) < 4.78 is 30.5. The van der Waals surface area contributed by atoms with Crippen LogP contribution in [0.25, 0.3) is 11.5 Å². The van der Waals surface area contributed by atoms with Gasteiger partial charge in [0.1, 0.15) is 0 Å². The van der Waals surface area contributed by atoms with Crippen LogP contribution in [0.5, 0.6) is 0 Å². The number of hydrogen-bond acceptors (Lipinski definition) is 6. The van der Waals surface area contributed by atoms with Gasteiger partial charge in [-0.15, -0.1) is 0 Å². The predicted octanol–water partition coefficient (Wildman–Crippen LogP) is 4.88. The summed E-state index contributed by atoms with van der Waals surface area (Å²) >= 11 is 6.30. The zero-order chi connectivity index (χ0) is 18.6. The summed E-state index contributed by atoms with van der Waals surface area (Å²) in [5.74, 6) is 0.788. The van der Waals surface area contributed by atoms with E-state index in [-0.39, 0.29) is 18.6 Å². The fraction of sp³-hybridized carbons (Fsp3) is 0.500. The van der Waals surface area contributed by atoms with Gasteiger partial charge in [-0.25, -0.2) is 0 Å². The van der Waals surface area contributed by atoms with E-state index in [2.05, 4.69) is 9.88 Å². The van der Waals surface area contributed by atoms with E-state index in [1.807, 2.05) is 18.2 Å². The van der Waals surface area contributed by atoms with Crippen LogP contribution in [0.2, 0.25) is 5.02 Å². The molecule has 8 heteroatoms. The quantitative estimate of drug-likeness (QED) is 0.619. The predicted molar refractivity (Wildman–Crippen MR) is 104 cm³/mol. The zero-order valence-corrected chi connectivity index (χ0v) is 16.8. The lowest BCUT2D eigenvalue weighted by atomic mass is 10.1. The number of nitrogens with zero attached hydrogens (tertiary/aromatic N) is 2. The molecule has 142 valence electrons. The molecule has 0 N–H and O–H groups in total. The Morgan fingerprint density at radius 2 is 1.81 bits per heavy atom. The van der Waals surface area contributed by atoms with Crippen LogP contribution in [-0.4, -0.2) is 31.3 Å². The minimum atomic E-state index is -3.58. The number of hydrogen-bond donors (Lipinski definition) is 0. The van der Waals surface area contributed by atoms with Crippen LogP contribution in [0.4, 0.5) is 5.88 Å². The molecular formula is C18H24ClN2O4P. The first-order valence-electron chi connectivity index (χ1n) is 8.99. The number of benzene rings is 1. The Balaban J connectivity index is 2.11. The molecule has 3 rings (SSSR count). The normalized spacial score (nSPS) is 15.4. The Morgan fingerprint density at radius 3 is 2.42 bits per heavy atom. The van der Waals surface area contributed by atoms with Gasteiger partial charge in [0.2, 0.25) is 17.2 Å². The van der Waals surface area contributed by atoms with Crippen molar-refractivity contribution in [1.29, 1.82) is 0 Å². The Hall–Kier alpha value is -1.33. The smallest absolute Gasteiger partial charge is 0.385 e. The van der Waals surface area contributed by atoms with Gasteiger partial charge in [-0.1, -0.05) is 23.7 Å². The van der Waals surface area contributed by atoms with Gasteiger partial charge in [-0.3, -0.25) is 4.57 Å². The third-order valence-corrected chi connectivity index (χ3v) is 6.53. The number of oxazole rings is 1. The van der Waals surface area contributed by atoms with E-state index in [4.69, 9.17) is 25.1 Å². The van der Waals surface area contributed by atoms with Crippen molar-refractivity contribution in [1.82, 2.24) is 4.98 Å². The Bertz CT molecular complexity index is 779. The van der Waals surface area contributed by atoms with Crippen LogP contribution < -0.4 is 10.3 Å². The van der Waals surface area contributed by atoms with Crippen LogP contribution in [0.3, 0.4) is 0 Å². The van der Waals surface area contributed by atoms with E-state index in [9.17, 15) is 4.57 Å². The second-order valence-electron chi connectivity index (χ2n) is 6.01. The SMILES string of the molecule is CCOP(=O)(OCC)c1nc(-c2ccccc2Cl)oc1N1CCCCC1. The third kappa shape index (κ3) is 3.99. The van der Waals surface area contributed by atoms with Crippen molar-refractivity contribution >= 4 is 30.5 Å². The largest absolute Gasteiger partial charge is 0.419 e. The van der Waals surface area contributed by atoms with E-state index in [1.54, 1.807) is 19.9 Å². The fourth-order valence-corrected chi connectivity index (χ4v) is 4.88. The second kappa shape index (κ2) is 8.57. The maximum absolute atomic E-state index is 13.4. The van der Waals surface area contributed by atoms with Crippen LogP contribution in [0.1, 0.15) is 33.1 Å². The maximum atomic E-state index is 13.4. The summed E-state index contributed by atoms with van der Waals surface area (Å²) in [6.45, 7) is 5.71. The molecule has 1 fully saturated rings. The van der Waals surface area contributed by atoms with E-state index in [0.717, 1.165) is 25.9 Å². The van der Waals surface area contributed by atoms with Gasteiger partial charge in [0.15, 0.2) is 0 Å². The zero-order valence-electron chi connectivity index (χ0n) is 15.1. The molecule has 2 heterocycles. The molecule has 0 spiro atoms. The summed E-state index contributed by atoms with van der Waals surface area (Å²) in [5.41, 5.74) is 0.885. The number of anilines is 1. The summed E-state index contributed by atoms with van der Waals surface area (Å²) in [6.07, 6.45) is 3.27. The molecule has 0 unspecified atom stereocenters. The highest BCUT2D eigenvalue weighted by atomic mass is 35.5. The minimum Gasteiger partial charge on any atom is -0.419 e. The molecule has 1 aromatic heterocycles. The lowest BCUT2D eigenvalue weighted by Gasteiger charge is -2.27. The van der Waals surface area contributed by atoms with Crippen molar-refractivity contribution in [2.75, 3.05) is 31.2 Å². The molecule has 0 amide bonds. The lowest BCUT2D eigenvalue weighted by molar-refractivity contribution is 0.229. The lowest BCUT2D eigenvalue weighted by Crippen LogP contribution is -2.33. The standard InChI is InChI=1S/C18H24ClN2O4P/c1-3-23-26(22,24-4-2)17-18(21-12-8-5-9-13-21)25-16(20-17)14-10-6-7-11-15(14)19/h6-7,10-11H,3-5,8-9,12-13H2,1-2H3. The van der Waals surface area contributed by atoms with Crippen LogP contribution in [-0.2, 0) is 13.6 Å². The van der Waals surface area contributed by atoms with Gasteiger partial charge in [0.05, 0.1) is 23.8 Å². The van der Waals surface area contributed by atoms with Crippen molar-refractivity contribution in [3.8, 4) is 11.5 Å². The van der Waals surface area contributed by atoms with E-state index in [0.29, 0.717) is 22.4 Å². The topological polar surface area (TPSA) is 64.8 Å². The molecule has 1 aliphatic heterocycles. The Labute approximate surface area is 159 Å². The molecule has 2 aromatic rings. The molecule has 1 saturated heterocycles. The molecule has 1 aromatic carbocycles. The fourth-order valence-electron chi connectivity index (χ4n) is 3.03. The minimum absolute atomic E-state index is 0.234. The highest BCUT2D eigenvalue weighted by Crippen LogP contribution is 2.50. The molecule has 0 bridgehead atoms. The molecule has 6 nitrogen and oxygen atoms in total. The van der Waals surface area contributed by atoms with Crippen LogP contribution in [0.15, 0.2) is 28.7 Å². The first-order valence-corrected chi connectivity index (χ1v) is 10.9. The van der Waals surface area contributed by atoms with Gasteiger partial charge in [0, 0.05) is 13.1 Å². The molecule has 26 heavy (non-hydrogen) atoms. The highest BCUT2D eigenvalue weighted by Gasteiger charge is 2.38. The van der Waals surface area contributed by atoms with Gasteiger partial charge >= 0.3 is 7.60 Å². The average Bonchev–Trinajstić information content (AvgIpc) is 3.09. The molecule has 0 aliphatic carbocycles. The van der Waals surface area contributed by atoms with Crippen molar-refractivity contribution in [3.63, 3.8) is 0 Å². The Kier molecular flexibility index (Phi) is 6.41. The summed E-state index contributed by atoms with van der Waals surface area (Å²) in [5, 5.41) is 0.521. The van der Waals surface area contributed by atoms with E-state index >= 15 is 0 Å². The highest BCUT2D eigenvalue weighted by molar-refractivity contribution is 7.62. The van der Waals surface area contributed by atoms with Gasteiger partial charge < -0.3 is 18.4 Å². The van der Waals surface area contributed by atoms with Gasteiger partial charge in [-0.2, -0.15) is 4.98 Å². The van der Waals surface area contributed by atoms with Crippen molar-refractivity contribution in [2.45, 2.75) is 33.1 Å². The molecule has 1 aliphatic rings.